The van der Waals surface area contributed by atoms with Crippen molar-refractivity contribution in [2.24, 2.45) is 0 Å². The number of H-pyrrole nitrogens is 1. The van der Waals surface area contributed by atoms with Crippen molar-refractivity contribution in [1.82, 2.24) is 30.0 Å². The molecule has 3 rings (SSSR count). The van der Waals surface area contributed by atoms with Gasteiger partial charge in [-0.1, -0.05) is 0 Å². The summed E-state index contributed by atoms with van der Waals surface area (Å²) < 4.78 is 14.8. The van der Waals surface area contributed by atoms with E-state index in [9.17, 15) is 9.18 Å². The summed E-state index contributed by atoms with van der Waals surface area (Å²) in [6.07, 6.45) is 5.78. The first kappa shape index (κ1) is 16.1. The van der Waals surface area contributed by atoms with Crippen molar-refractivity contribution in [3.8, 4) is 0 Å². The molecule has 1 amide bonds. The largest absolute Gasteiger partial charge is 0.356 e. The van der Waals surface area contributed by atoms with E-state index >= 15 is 0 Å². The zero-order valence-electron chi connectivity index (χ0n) is 13.2. The van der Waals surface area contributed by atoms with E-state index in [0.717, 1.165) is 24.2 Å². The Balaban J connectivity index is 1.34. The van der Waals surface area contributed by atoms with Crippen LogP contribution in [0.3, 0.4) is 0 Å². The first-order valence-corrected chi connectivity index (χ1v) is 7.94. The van der Waals surface area contributed by atoms with Gasteiger partial charge in [0.1, 0.15) is 24.3 Å². The lowest BCUT2D eigenvalue weighted by molar-refractivity contribution is -0.121. The fraction of sp³-hybridized carbons (Fsp3) is 0.375. The molecule has 0 saturated heterocycles. The van der Waals surface area contributed by atoms with Gasteiger partial charge < -0.3 is 10.3 Å². The number of fused-ring (bicyclic) bond motifs is 1. The molecule has 1 aromatic carbocycles. The maximum absolute atomic E-state index is 13.1. The Labute approximate surface area is 138 Å². The molecular formula is C16H19FN6O. The molecule has 0 radical (unpaired) electrons. The van der Waals surface area contributed by atoms with Gasteiger partial charge in [-0.15, -0.1) is 0 Å². The highest BCUT2D eigenvalue weighted by Gasteiger charge is 2.05. The van der Waals surface area contributed by atoms with E-state index in [1.54, 1.807) is 17.1 Å². The van der Waals surface area contributed by atoms with Crippen LogP contribution in [0.25, 0.3) is 11.0 Å². The minimum Gasteiger partial charge on any atom is -0.356 e. The highest BCUT2D eigenvalue weighted by atomic mass is 19.1. The van der Waals surface area contributed by atoms with Gasteiger partial charge in [-0.3, -0.25) is 9.48 Å². The number of imidazole rings is 1. The van der Waals surface area contributed by atoms with Crippen molar-refractivity contribution in [2.75, 3.05) is 6.54 Å². The predicted octanol–water partition coefficient (Wildman–Crippen LogP) is 1.82. The minimum absolute atomic E-state index is 0.0294. The monoisotopic (exact) mass is 330 g/mol. The molecular weight excluding hydrogens is 311 g/mol. The zero-order chi connectivity index (χ0) is 16.8. The molecule has 3 aromatic rings. The molecule has 0 fully saturated rings. The number of aryl methyl sites for hydroxylation is 2. The second-order valence-electron chi connectivity index (χ2n) is 5.56. The first-order valence-electron chi connectivity index (χ1n) is 7.94. The standard InChI is InChI=1S/C16H19FN6O/c17-12-5-6-13-14(9-12)22-15(21-13)3-1-7-19-16(24)4-2-8-23-11-18-10-20-23/h5-6,9-11H,1-4,7-8H2,(H,19,24)(H,21,22). The maximum Gasteiger partial charge on any atom is 0.220 e. The molecule has 0 unspecified atom stereocenters. The summed E-state index contributed by atoms with van der Waals surface area (Å²) in [4.78, 5) is 23.1. The number of nitrogens with one attached hydrogen (secondary N) is 2. The molecule has 0 bridgehead atoms. The molecule has 0 spiro atoms. The topological polar surface area (TPSA) is 88.5 Å². The van der Waals surface area contributed by atoms with Crippen molar-refractivity contribution < 1.29 is 9.18 Å². The number of carbonyl (C=O) groups is 1. The Bertz CT molecular complexity index is 798. The second kappa shape index (κ2) is 7.67. The molecule has 7 nitrogen and oxygen atoms in total. The van der Waals surface area contributed by atoms with Gasteiger partial charge >= 0.3 is 0 Å². The summed E-state index contributed by atoms with van der Waals surface area (Å²) in [6.45, 7) is 1.27. The number of rotatable bonds is 8. The van der Waals surface area contributed by atoms with Gasteiger partial charge in [0.15, 0.2) is 0 Å². The number of benzene rings is 1. The first-order chi connectivity index (χ1) is 11.7. The van der Waals surface area contributed by atoms with Crippen LogP contribution >= 0.6 is 0 Å². The molecule has 24 heavy (non-hydrogen) atoms. The van der Waals surface area contributed by atoms with Crippen molar-refractivity contribution in [3.05, 3.63) is 42.5 Å². The van der Waals surface area contributed by atoms with Gasteiger partial charge in [-0.2, -0.15) is 5.10 Å². The lowest BCUT2D eigenvalue weighted by atomic mass is 10.2. The van der Waals surface area contributed by atoms with Crippen LogP contribution < -0.4 is 5.32 Å². The zero-order valence-corrected chi connectivity index (χ0v) is 13.2. The third-order valence-electron chi connectivity index (χ3n) is 3.66. The van der Waals surface area contributed by atoms with Gasteiger partial charge in [0.2, 0.25) is 5.91 Å². The van der Waals surface area contributed by atoms with E-state index in [4.69, 9.17) is 0 Å². The summed E-state index contributed by atoms with van der Waals surface area (Å²) in [5.41, 5.74) is 1.45. The molecule has 0 aliphatic rings. The van der Waals surface area contributed by atoms with E-state index in [-0.39, 0.29) is 11.7 Å². The normalized spacial score (nSPS) is 11.0. The molecule has 0 aliphatic heterocycles. The highest BCUT2D eigenvalue weighted by molar-refractivity contribution is 5.76. The predicted molar refractivity (Wildman–Crippen MR) is 86.6 cm³/mol. The molecule has 2 N–H and O–H groups in total. The van der Waals surface area contributed by atoms with Crippen LogP contribution in [0.1, 0.15) is 25.1 Å². The molecule has 2 heterocycles. The average molecular weight is 330 g/mol. The quantitative estimate of drug-likeness (QED) is 0.617. The smallest absolute Gasteiger partial charge is 0.220 e. The van der Waals surface area contributed by atoms with Gasteiger partial charge in [-0.25, -0.2) is 14.4 Å². The van der Waals surface area contributed by atoms with Crippen LogP contribution in [0.5, 0.6) is 0 Å². The second-order valence-corrected chi connectivity index (χ2v) is 5.56. The van der Waals surface area contributed by atoms with Crippen LogP contribution in [-0.4, -0.2) is 37.2 Å². The number of hydrogen-bond acceptors (Lipinski definition) is 4. The van der Waals surface area contributed by atoms with Crippen molar-refractivity contribution >= 4 is 16.9 Å². The Morgan fingerprint density at radius 2 is 2.25 bits per heavy atom. The van der Waals surface area contributed by atoms with Crippen molar-refractivity contribution in [1.29, 1.82) is 0 Å². The molecule has 126 valence electrons. The molecule has 0 saturated carbocycles. The Morgan fingerprint density at radius 1 is 1.33 bits per heavy atom. The van der Waals surface area contributed by atoms with Crippen LogP contribution in [0.2, 0.25) is 0 Å². The molecule has 0 aliphatic carbocycles. The third kappa shape index (κ3) is 4.37. The molecule has 8 heteroatoms. The van der Waals surface area contributed by atoms with Crippen LogP contribution in [0.15, 0.2) is 30.9 Å². The summed E-state index contributed by atoms with van der Waals surface area (Å²) in [5, 5.41) is 6.88. The Kier molecular flexibility index (Phi) is 5.15. The van der Waals surface area contributed by atoms with Crippen molar-refractivity contribution in [3.63, 3.8) is 0 Å². The number of amides is 1. The molecule has 2 aromatic heterocycles. The fourth-order valence-electron chi connectivity index (χ4n) is 2.47. The summed E-state index contributed by atoms with van der Waals surface area (Å²) in [5.74, 6) is 0.550. The van der Waals surface area contributed by atoms with E-state index in [1.165, 1.54) is 18.5 Å². The summed E-state index contributed by atoms with van der Waals surface area (Å²) in [6, 6.07) is 4.48. The fourth-order valence-corrected chi connectivity index (χ4v) is 2.47. The summed E-state index contributed by atoms with van der Waals surface area (Å²) in [7, 11) is 0. The SMILES string of the molecule is O=C(CCCn1cncn1)NCCCc1nc2ccc(F)cc2[nH]1. The number of halogens is 1. The highest BCUT2D eigenvalue weighted by Crippen LogP contribution is 2.13. The lowest BCUT2D eigenvalue weighted by Crippen LogP contribution is -2.24. The number of aromatic nitrogens is 5. The molecule has 0 atom stereocenters. The minimum atomic E-state index is -0.282. The Hall–Kier alpha value is -2.77. The van der Waals surface area contributed by atoms with Gasteiger partial charge in [-0.05, 0) is 31.0 Å². The lowest BCUT2D eigenvalue weighted by Gasteiger charge is -2.04. The number of aromatic amines is 1. The van der Waals surface area contributed by atoms with E-state index < -0.39 is 0 Å². The van der Waals surface area contributed by atoms with E-state index in [1.807, 2.05) is 0 Å². The van der Waals surface area contributed by atoms with Gasteiger partial charge in [0.05, 0.1) is 11.0 Å². The average Bonchev–Trinajstić information content (AvgIpc) is 3.20. The van der Waals surface area contributed by atoms with Crippen LogP contribution in [0, 0.1) is 5.82 Å². The van der Waals surface area contributed by atoms with Crippen molar-refractivity contribution in [2.45, 2.75) is 32.2 Å². The van der Waals surface area contributed by atoms with E-state index in [0.29, 0.717) is 31.4 Å². The van der Waals surface area contributed by atoms with Gasteiger partial charge in [0, 0.05) is 25.9 Å². The van der Waals surface area contributed by atoms with Crippen LogP contribution in [0.4, 0.5) is 4.39 Å². The summed E-state index contributed by atoms with van der Waals surface area (Å²) >= 11 is 0. The number of nitrogens with zero attached hydrogens (tertiary/aromatic N) is 4. The number of hydrogen-bond donors (Lipinski definition) is 2. The maximum atomic E-state index is 13.1. The Morgan fingerprint density at radius 3 is 3.08 bits per heavy atom. The number of carbonyl (C=O) groups excluding carboxylic acids is 1. The van der Waals surface area contributed by atoms with E-state index in [2.05, 4.69) is 25.4 Å². The third-order valence-corrected chi connectivity index (χ3v) is 3.66. The van der Waals surface area contributed by atoms with Gasteiger partial charge in [0.25, 0.3) is 0 Å². The van der Waals surface area contributed by atoms with Crippen LogP contribution in [-0.2, 0) is 17.8 Å².